The fraction of sp³-hybridized carbons (Fsp3) is 0.429. The SMILES string of the molecule is CCCNc1nc(-c2ccnc(C)c2)nc(N(C)C)n1. The summed E-state index contributed by atoms with van der Waals surface area (Å²) >= 11 is 0. The topological polar surface area (TPSA) is 66.8 Å². The molecule has 0 radical (unpaired) electrons. The van der Waals surface area contributed by atoms with Crippen molar-refractivity contribution < 1.29 is 0 Å². The van der Waals surface area contributed by atoms with Gasteiger partial charge in [0.15, 0.2) is 5.82 Å². The zero-order valence-corrected chi connectivity index (χ0v) is 12.4. The van der Waals surface area contributed by atoms with Crippen LogP contribution in [0, 0.1) is 6.92 Å². The molecule has 2 heterocycles. The number of anilines is 2. The molecule has 6 nitrogen and oxygen atoms in total. The summed E-state index contributed by atoms with van der Waals surface area (Å²) in [5, 5.41) is 3.21. The van der Waals surface area contributed by atoms with Gasteiger partial charge >= 0.3 is 0 Å². The molecule has 2 rings (SSSR count). The molecule has 0 aromatic carbocycles. The third kappa shape index (κ3) is 3.40. The molecule has 0 aliphatic rings. The molecule has 106 valence electrons. The fourth-order valence-electron chi connectivity index (χ4n) is 1.69. The minimum atomic E-state index is 0.606. The van der Waals surface area contributed by atoms with Gasteiger partial charge in [-0.05, 0) is 25.5 Å². The minimum absolute atomic E-state index is 0.606. The van der Waals surface area contributed by atoms with Crippen molar-refractivity contribution in [2.75, 3.05) is 30.9 Å². The molecule has 0 fully saturated rings. The molecule has 0 saturated heterocycles. The van der Waals surface area contributed by atoms with Gasteiger partial charge in [-0.2, -0.15) is 15.0 Å². The summed E-state index contributed by atoms with van der Waals surface area (Å²) < 4.78 is 0. The van der Waals surface area contributed by atoms with Crippen molar-refractivity contribution in [2.24, 2.45) is 0 Å². The molecule has 6 heteroatoms. The average molecular weight is 272 g/mol. The van der Waals surface area contributed by atoms with Gasteiger partial charge in [0.05, 0.1) is 0 Å². The van der Waals surface area contributed by atoms with Crippen LogP contribution in [-0.2, 0) is 0 Å². The van der Waals surface area contributed by atoms with Gasteiger partial charge in [-0.15, -0.1) is 0 Å². The lowest BCUT2D eigenvalue weighted by Gasteiger charge is -2.13. The molecule has 20 heavy (non-hydrogen) atoms. The normalized spacial score (nSPS) is 10.4. The largest absolute Gasteiger partial charge is 0.354 e. The molecule has 0 aliphatic carbocycles. The summed E-state index contributed by atoms with van der Waals surface area (Å²) in [6.07, 6.45) is 2.79. The molecule has 2 aromatic rings. The first-order chi connectivity index (χ1) is 9.60. The van der Waals surface area contributed by atoms with Gasteiger partial charge in [0.25, 0.3) is 0 Å². The number of nitrogens with zero attached hydrogens (tertiary/aromatic N) is 5. The molecule has 0 unspecified atom stereocenters. The molecule has 0 saturated carbocycles. The van der Waals surface area contributed by atoms with Crippen LogP contribution in [0.15, 0.2) is 18.3 Å². The van der Waals surface area contributed by atoms with Gasteiger partial charge < -0.3 is 10.2 Å². The summed E-state index contributed by atoms with van der Waals surface area (Å²) in [4.78, 5) is 19.4. The van der Waals surface area contributed by atoms with Crippen molar-refractivity contribution in [1.29, 1.82) is 0 Å². The average Bonchev–Trinajstić information content (AvgIpc) is 2.44. The second kappa shape index (κ2) is 6.27. The van der Waals surface area contributed by atoms with Gasteiger partial charge in [0, 0.05) is 38.1 Å². The smallest absolute Gasteiger partial charge is 0.230 e. The summed E-state index contributed by atoms with van der Waals surface area (Å²) in [5.74, 6) is 1.91. The monoisotopic (exact) mass is 272 g/mol. The van der Waals surface area contributed by atoms with E-state index in [4.69, 9.17) is 0 Å². The van der Waals surface area contributed by atoms with Crippen LogP contribution in [-0.4, -0.2) is 40.6 Å². The Morgan fingerprint density at radius 1 is 1.20 bits per heavy atom. The second-order valence-corrected chi connectivity index (χ2v) is 4.79. The summed E-state index contributed by atoms with van der Waals surface area (Å²) in [5.41, 5.74) is 1.89. The van der Waals surface area contributed by atoms with Gasteiger partial charge in [-0.1, -0.05) is 6.92 Å². The number of aromatic nitrogens is 4. The van der Waals surface area contributed by atoms with E-state index >= 15 is 0 Å². The van der Waals surface area contributed by atoms with E-state index in [0.29, 0.717) is 17.7 Å². The Labute approximate surface area is 119 Å². The van der Waals surface area contributed by atoms with Crippen LogP contribution in [0.5, 0.6) is 0 Å². The second-order valence-electron chi connectivity index (χ2n) is 4.79. The van der Waals surface area contributed by atoms with E-state index in [0.717, 1.165) is 24.2 Å². The van der Waals surface area contributed by atoms with Crippen molar-refractivity contribution in [3.8, 4) is 11.4 Å². The summed E-state index contributed by atoms with van der Waals surface area (Å²) in [7, 11) is 3.83. The minimum Gasteiger partial charge on any atom is -0.354 e. The maximum atomic E-state index is 4.49. The Kier molecular flexibility index (Phi) is 4.45. The highest BCUT2D eigenvalue weighted by molar-refractivity contribution is 5.58. The van der Waals surface area contributed by atoms with E-state index in [1.54, 1.807) is 6.20 Å². The van der Waals surface area contributed by atoms with Gasteiger partial charge in [-0.3, -0.25) is 4.98 Å². The molecular weight excluding hydrogens is 252 g/mol. The lowest BCUT2D eigenvalue weighted by atomic mass is 10.2. The molecule has 0 aliphatic heterocycles. The van der Waals surface area contributed by atoms with Gasteiger partial charge in [-0.25, -0.2) is 0 Å². The van der Waals surface area contributed by atoms with Crippen LogP contribution < -0.4 is 10.2 Å². The third-order valence-electron chi connectivity index (χ3n) is 2.71. The lowest BCUT2D eigenvalue weighted by Crippen LogP contribution is -2.16. The quantitative estimate of drug-likeness (QED) is 0.899. The van der Waals surface area contributed by atoms with Crippen LogP contribution in [0.2, 0.25) is 0 Å². The van der Waals surface area contributed by atoms with Crippen molar-refractivity contribution in [3.05, 3.63) is 24.0 Å². The first kappa shape index (κ1) is 14.2. The van der Waals surface area contributed by atoms with Crippen LogP contribution in [0.4, 0.5) is 11.9 Å². The Bertz CT molecular complexity index is 582. The van der Waals surface area contributed by atoms with Crippen molar-refractivity contribution in [3.63, 3.8) is 0 Å². The van der Waals surface area contributed by atoms with E-state index < -0.39 is 0 Å². The highest BCUT2D eigenvalue weighted by Gasteiger charge is 2.10. The van der Waals surface area contributed by atoms with Crippen LogP contribution in [0.1, 0.15) is 19.0 Å². The van der Waals surface area contributed by atoms with Crippen molar-refractivity contribution >= 4 is 11.9 Å². The van der Waals surface area contributed by atoms with Crippen LogP contribution >= 0.6 is 0 Å². The molecule has 0 atom stereocenters. The Morgan fingerprint density at radius 3 is 2.65 bits per heavy atom. The predicted molar refractivity (Wildman–Crippen MR) is 80.9 cm³/mol. The van der Waals surface area contributed by atoms with Crippen LogP contribution in [0.3, 0.4) is 0 Å². The van der Waals surface area contributed by atoms with Crippen molar-refractivity contribution in [2.45, 2.75) is 20.3 Å². The van der Waals surface area contributed by atoms with Gasteiger partial charge in [0.1, 0.15) is 0 Å². The standard InChI is InChI=1S/C14H20N6/c1-5-7-16-13-17-12(18-14(19-13)20(3)4)11-6-8-15-10(2)9-11/h6,8-9H,5,7H2,1-4H3,(H,16,17,18,19). The first-order valence-corrected chi connectivity index (χ1v) is 6.70. The zero-order valence-electron chi connectivity index (χ0n) is 12.4. The summed E-state index contributed by atoms with van der Waals surface area (Å²) in [6, 6.07) is 3.88. The number of pyridine rings is 1. The van der Waals surface area contributed by atoms with E-state index in [-0.39, 0.29) is 0 Å². The molecule has 1 N–H and O–H groups in total. The highest BCUT2D eigenvalue weighted by atomic mass is 15.3. The van der Waals surface area contributed by atoms with E-state index in [2.05, 4.69) is 32.2 Å². The molecule has 0 bridgehead atoms. The number of rotatable bonds is 5. The first-order valence-electron chi connectivity index (χ1n) is 6.70. The van der Waals surface area contributed by atoms with E-state index in [1.807, 2.05) is 38.1 Å². The Morgan fingerprint density at radius 2 is 2.00 bits per heavy atom. The van der Waals surface area contributed by atoms with E-state index in [9.17, 15) is 0 Å². The Hall–Kier alpha value is -2.24. The number of hydrogen-bond acceptors (Lipinski definition) is 6. The zero-order chi connectivity index (χ0) is 14.5. The highest BCUT2D eigenvalue weighted by Crippen LogP contribution is 2.19. The van der Waals surface area contributed by atoms with Crippen LogP contribution in [0.25, 0.3) is 11.4 Å². The van der Waals surface area contributed by atoms with Crippen molar-refractivity contribution in [1.82, 2.24) is 19.9 Å². The third-order valence-corrected chi connectivity index (χ3v) is 2.71. The molecule has 0 spiro atoms. The maximum Gasteiger partial charge on any atom is 0.230 e. The number of nitrogens with one attached hydrogen (secondary N) is 1. The van der Waals surface area contributed by atoms with Gasteiger partial charge in [0.2, 0.25) is 11.9 Å². The fourth-order valence-corrected chi connectivity index (χ4v) is 1.69. The van der Waals surface area contributed by atoms with E-state index in [1.165, 1.54) is 0 Å². The molecule has 0 amide bonds. The molecular formula is C14H20N6. The predicted octanol–water partition coefficient (Wildman–Crippen LogP) is 2.13. The number of hydrogen-bond donors (Lipinski definition) is 1. The Balaban J connectivity index is 2.43. The maximum absolute atomic E-state index is 4.49. The number of aryl methyl sites for hydroxylation is 1. The molecule has 2 aromatic heterocycles. The lowest BCUT2D eigenvalue weighted by molar-refractivity contribution is 0.919. The summed E-state index contributed by atoms with van der Waals surface area (Å²) in [6.45, 7) is 4.90.